The standard InChI is InChI=1S/C34H36ClF3N8O6/c1-20-13-27(45-52-20)41-29(48)30(49)46-11-4-12-50-25-10-7-22(14-24(25)35)16-39-31-42-26(43-32(44-31)51-19-34(36,37)38)15-21-5-8-23(9-6-21)28(47)40-17-33(2,3)18-46/h5-10,13-14H,4,11-12,15-19H2,1-3H3,(H,40,47)(H,41,45,48)(H,39,42,43,44). The lowest BCUT2D eigenvalue weighted by atomic mass is 9.92. The number of ether oxygens (including phenoxy) is 2. The third-order valence-electron chi connectivity index (χ3n) is 7.58. The highest BCUT2D eigenvalue weighted by atomic mass is 35.5. The van der Waals surface area contributed by atoms with Crippen molar-refractivity contribution in [2.24, 2.45) is 5.41 Å². The lowest BCUT2D eigenvalue weighted by Crippen LogP contribution is -2.48. The maximum absolute atomic E-state index is 13.4. The Kier molecular flexibility index (Phi) is 11.8. The summed E-state index contributed by atoms with van der Waals surface area (Å²) >= 11 is 6.50. The quantitative estimate of drug-likeness (QED) is 0.242. The monoisotopic (exact) mass is 744 g/mol. The van der Waals surface area contributed by atoms with Crippen molar-refractivity contribution in [1.29, 1.82) is 0 Å². The number of alkyl halides is 3. The molecule has 2 aromatic carbocycles. The molecule has 4 aromatic rings. The van der Waals surface area contributed by atoms with Gasteiger partial charge >= 0.3 is 24.0 Å². The molecule has 0 aliphatic carbocycles. The Morgan fingerprint density at radius 3 is 2.50 bits per heavy atom. The summed E-state index contributed by atoms with van der Waals surface area (Å²) in [6.45, 7) is 4.47. The summed E-state index contributed by atoms with van der Waals surface area (Å²) in [5, 5.41) is 12.3. The molecule has 0 unspecified atom stereocenters. The first-order chi connectivity index (χ1) is 24.6. The van der Waals surface area contributed by atoms with Gasteiger partial charge in [-0.2, -0.15) is 28.1 Å². The molecule has 0 fully saturated rings. The van der Waals surface area contributed by atoms with Gasteiger partial charge in [-0.25, -0.2) is 0 Å². The molecule has 18 heteroatoms. The van der Waals surface area contributed by atoms with Crippen molar-refractivity contribution in [3.05, 3.63) is 81.8 Å². The zero-order valence-electron chi connectivity index (χ0n) is 28.5. The van der Waals surface area contributed by atoms with Crippen LogP contribution < -0.4 is 25.4 Å². The molecule has 3 amide bonds. The van der Waals surface area contributed by atoms with E-state index in [4.69, 9.17) is 25.6 Å². The number of aryl methyl sites for hydroxylation is 1. The summed E-state index contributed by atoms with van der Waals surface area (Å²) in [5.74, 6) is -1.02. The van der Waals surface area contributed by atoms with Crippen LogP contribution in [-0.4, -0.2) is 81.8 Å². The van der Waals surface area contributed by atoms with Crippen molar-refractivity contribution in [2.45, 2.75) is 46.3 Å². The fourth-order valence-electron chi connectivity index (χ4n) is 5.10. The summed E-state index contributed by atoms with van der Waals surface area (Å²) in [6, 6.07) is 12.6. The van der Waals surface area contributed by atoms with E-state index in [9.17, 15) is 27.6 Å². The Balaban J connectivity index is 1.38. The second-order valence-corrected chi connectivity index (χ2v) is 13.2. The number of hydrogen-bond acceptors (Lipinski definition) is 11. The van der Waals surface area contributed by atoms with Crippen LogP contribution in [0.4, 0.5) is 24.9 Å². The van der Waals surface area contributed by atoms with E-state index in [-0.39, 0.29) is 67.7 Å². The van der Waals surface area contributed by atoms with E-state index in [0.717, 1.165) is 0 Å². The normalized spacial score (nSPS) is 15.5. The van der Waals surface area contributed by atoms with Crippen molar-refractivity contribution in [3.8, 4) is 11.8 Å². The van der Waals surface area contributed by atoms with E-state index in [1.165, 1.54) is 11.0 Å². The molecule has 4 aliphatic heterocycles. The molecule has 0 atom stereocenters. The number of amides is 3. The fourth-order valence-corrected chi connectivity index (χ4v) is 5.36. The molecule has 6 heterocycles. The van der Waals surface area contributed by atoms with Crippen LogP contribution in [0.25, 0.3) is 0 Å². The molecule has 0 saturated carbocycles. The third-order valence-corrected chi connectivity index (χ3v) is 7.87. The number of halogens is 4. The van der Waals surface area contributed by atoms with Crippen LogP contribution in [0, 0.1) is 12.3 Å². The van der Waals surface area contributed by atoms with Crippen molar-refractivity contribution in [3.63, 3.8) is 0 Å². The van der Waals surface area contributed by atoms with E-state index >= 15 is 0 Å². The van der Waals surface area contributed by atoms with Gasteiger partial charge in [-0.3, -0.25) is 19.7 Å². The number of hydrogen-bond donors (Lipinski definition) is 3. The molecule has 52 heavy (non-hydrogen) atoms. The molecule has 4 aliphatic rings. The van der Waals surface area contributed by atoms with Gasteiger partial charge in [0.05, 0.1) is 11.6 Å². The second-order valence-electron chi connectivity index (χ2n) is 12.8. The molecule has 14 nitrogen and oxygen atoms in total. The van der Waals surface area contributed by atoms with Gasteiger partial charge in [0.25, 0.3) is 5.91 Å². The average Bonchev–Trinajstić information content (AvgIpc) is 3.50. The van der Waals surface area contributed by atoms with Gasteiger partial charge in [0, 0.05) is 44.2 Å². The highest BCUT2D eigenvalue weighted by Gasteiger charge is 2.31. The Hall–Kier alpha value is -5.45. The van der Waals surface area contributed by atoms with Gasteiger partial charge in [0.1, 0.15) is 17.3 Å². The predicted molar refractivity (Wildman–Crippen MR) is 182 cm³/mol. The molecule has 6 bridgehead atoms. The number of carbonyl (C=O) groups is 3. The van der Waals surface area contributed by atoms with Gasteiger partial charge in [0.2, 0.25) is 5.95 Å². The van der Waals surface area contributed by atoms with E-state index in [1.54, 1.807) is 49.4 Å². The molecular weight excluding hydrogens is 709 g/mol. The van der Waals surface area contributed by atoms with Crippen molar-refractivity contribution >= 4 is 41.1 Å². The van der Waals surface area contributed by atoms with Gasteiger partial charge in [0.15, 0.2) is 12.4 Å². The smallest absolute Gasteiger partial charge is 0.422 e. The average molecular weight is 745 g/mol. The molecule has 0 spiro atoms. The minimum atomic E-state index is -4.60. The number of carbonyl (C=O) groups excluding carboxylic acids is 3. The lowest BCUT2D eigenvalue weighted by Gasteiger charge is -2.32. The Bertz CT molecular complexity index is 1900. The van der Waals surface area contributed by atoms with Crippen LogP contribution in [0.5, 0.6) is 11.8 Å². The predicted octanol–water partition coefficient (Wildman–Crippen LogP) is 4.97. The lowest BCUT2D eigenvalue weighted by molar-refractivity contribution is -0.154. The zero-order chi connectivity index (χ0) is 37.5. The van der Waals surface area contributed by atoms with Crippen LogP contribution in [0.1, 0.15) is 53.3 Å². The van der Waals surface area contributed by atoms with Gasteiger partial charge in [-0.15, -0.1) is 0 Å². The summed E-state index contributed by atoms with van der Waals surface area (Å²) in [5.41, 5.74) is 1.02. The number of nitrogens with one attached hydrogen (secondary N) is 3. The van der Waals surface area contributed by atoms with Gasteiger partial charge < -0.3 is 29.5 Å². The Morgan fingerprint density at radius 2 is 1.81 bits per heavy atom. The van der Waals surface area contributed by atoms with E-state index in [1.807, 2.05) is 13.8 Å². The van der Waals surface area contributed by atoms with E-state index in [2.05, 4.69) is 36.1 Å². The highest BCUT2D eigenvalue weighted by molar-refractivity contribution is 6.39. The molecular formula is C34H36ClF3N8O6. The summed E-state index contributed by atoms with van der Waals surface area (Å²) in [4.78, 5) is 53.2. The molecule has 0 radical (unpaired) electrons. The minimum absolute atomic E-state index is 0.0179. The summed E-state index contributed by atoms with van der Waals surface area (Å²) in [7, 11) is 0. The van der Waals surface area contributed by atoms with Crippen LogP contribution in [0.2, 0.25) is 5.02 Å². The molecule has 3 N–H and O–H groups in total. The number of benzene rings is 2. The largest absolute Gasteiger partial charge is 0.492 e. The van der Waals surface area contributed by atoms with Crippen LogP contribution in [0.3, 0.4) is 0 Å². The first-order valence-electron chi connectivity index (χ1n) is 16.1. The highest BCUT2D eigenvalue weighted by Crippen LogP contribution is 2.27. The number of rotatable bonds is 3. The summed E-state index contributed by atoms with van der Waals surface area (Å²) in [6.07, 6.45) is -4.17. The van der Waals surface area contributed by atoms with E-state index < -0.39 is 36.0 Å². The molecule has 8 rings (SSSR count). The van der Waals surface area contributed by atoms with E-state index in [0.29, 0.717) is 34.6 Å². The Labute approximate surface area is 301 Å². The minimum Gasteiger partial charge on any atom is -0.492 e. The molecule has 2 aromatic heterocycles. The fraction of sp³-hybridized carbons (Fsp3) is 0.382. The molecule has 276 valence electrons. The first kappa shape index (κ1) is 37.8. The van der Waals surface area contributed by atoms with Crippen molar-refractivity contribution < 1.29 is 41.6 Å². The van der Waals surface area contributed by atoms with Gasteiger partial charge in [-0.05, 0) is 54.2 Å². The third kappa shape index (κ3) is 11.0. The number of anilines is 2. The number of nitrogens with zero attached hydrogens (tertiary/aromatic N) is 5. The van der Waals surface area contributed by atoms with Crippen LogP contribution in [-0.2, 0) is 22.6 Å². The number of aromatic nitrogens is 4. The summed E-state index contributed by atoms with van der Waals surface area (Å²) < 4.78 is 54.4. The topological polar surface area (TPSA) is 174 Å². The van der Waals surface area contributed by atoms with Crippen LogP contribution >= 0.6 is 11.6 Å². The second kappa shape index (κ2) is 16.3. The SMILES string of the molecule is Cc1cc(NC(=O)C(=O)N2CCCOc3ccc(cc3Cl)CNc3nc(nc(OCC(F)(F)F)n3)Cc3ccc(cc3)C(=O)NCC(C)(C)C2)no1. The zero-order valence-corrected chi connectivity index (χ0v) is 29.2. The van der Waals surface area contributed by atoms with Crippen molar-refractivity contribution in [2.75, 3.05) is 43.5 Å². The van der Waals surface area contributed by atoms with Crippen LogP contribution in [0.15, 0.2) is 53.1 Å². The van der Waals surface area contributed by atoms with Crippen molar-refractivity contribution in [1.82, 2.24) is 30.3 Å². The Morgan fingerprint density at radius 1 is 1.06 bits per heavy atom. The molecule has 0 saturated heterocycles. The van der Waals surface area contributed by atoms with Gasteiger partial charge in [-0.1, -0.05) is 48.8 Å². The first-order valence-corrected chi connectivity index (χ1v) is 16.5. The maximum Gasteiger partial charge on any atom is 0.422 e. The maximum atomic E-state index is 13.4.